The number of aromatic hydroxyl groups is 1. The molecular weight excluding hydrogens is 262 g/mol. The molecule has 4 N–H and O–H groups in total. The molecule has 0 bridgehead atoms. The second-order valence-corrected chi connectivity index (χ2v) is 5.15. The Morgan fingerprint density at radius 3 is 2.42 bits per heavy atom. The summed E-state index contributed by atoms with van der Waals surface area (Å²) >= 11 is 1.47. The van der Waals surface area contributed by atoms with Crippen LogP contribution in [0.4, 0.5) is 5.69 Å². The normalized spacial score (nSPS) is 10.3. The Balaban J connectivity index is 2.13. The van der Waals surface area contributed by atoms with Crippen LogP contribution in [-0.2, 0) is 11.2 Å². The Bertz CT molecular complexity index is 596. The first-order valence-electron chi connectivity index (χ1n) is 5.61. The molecule has 0 aliphatic heterocycles. The van der Waals surface area contributed by atoms with Gasteiger partial charge in [0.05, 0.1) is 6.42 Å². The van der Waals surface area contributed by atoms with E-state index in [1.807, 2.05) is 12.1 Å². The molecule has 0 fully saturated rings. The largest absolute Gasteiger partial charge is 0.508 e. The van der Waals surface area contributed by atoms with E-state index in [-0.39, 0.29) is 12.2 Å². The van der Waals surface area contributed by atoms with E-state index >= 15 is 0 Å². The molecule has 0 aromatic heterocycles. The van der Waals surface area contributed by atoms with Gasteiger partial charge in [0.1, 0.15) is 5.75 Å². The molecule has 19 heavy (non-hydrogen) atoms. The maximum atomic E-state index is 10.6. The lowest BCUT2D eigenvalue weighted by molar-refractivity contribution is -0.136. The monoisotopic (exact) mass is 275 g/mol. The highest BCUT2D eigenvalue weighted by Crippen LogP contribution is 2.33. The van der Waals surface area contributed by atoms with Crippen molar-refractivity contribution in [2.75, 3.05) is 5.73 Å². The first kappa shape index (κ1) is 13.3. The highest BCUT2D eigenvalue weighted by Gasteiger charge is 2.04. The van der Waals surface area contributed by atoms with Gasteiger partial charge < -0.3 is 15.9 Å². The first-order chi connectivity index (χ1) is 9.04. The Morgan fingerprint density at radius 2 is 1.84 bits per heavy atom. The van der Waals surface area contributed by atoms with Crippen molar-refractivity contribution >= 4 is 23.4 Å². The number of carboxylic acid groups (broad SMARTS) is 1. The molecule has 2 aromatic carbocycles. The number of phenols is 1. The molecule has 4 nitrogen and oxygen atoms in total. The number of rotatable bonds is 4. The standard InChI is InChI=1S/C14H13NO3S/c15-12-8-10(16)3-6-13(12)19-11-4-1-9(2-5-11)7-14(17)18/h1-6,8,16H,7,15H2,(H,17,18). The molecule has 5 heteroatoms. The van der Waals surface area contributed by atoms with Crippen molar-refractivity contribution < 1.29 is 15.0 Å². The Hall–Kier alpha value is -2.14. The summed E-state index contributed by atoms with van der Waals surface area (Å²) in [6.07, 6.45) is 0.0201. The van der Waals surface area contributed by atoms with Gasteiger partial charge >= 0.3 is 5.97 Å². The molecule has 0 amide bonds. The van der Waals surface area contributed by atoms with Crippen LogP contribution in [0.15, 0.2) is 52.3 Å². The molecule has 0 aliphatic rings. The highest BCUT2D eigenvalue weighted by atomic mass is 32.2. The zero-order valence-electron chi connectivity index (χ0n) is 10.0. The van der Waals surface area contributed by atoms with E-state index in [1.165, 1.54) is 17.8 Å². The third kappa shape index (κ3) is 3.66. The topological polar surface area (TPSA) is 83.5 Å². The van der Waals surface area contributed by atoms with Crippen molar-refractivity contribution in [3.63, 3.8) is 0 Å². The van der Waals surface area contributed by atoms with Crippen molar-refractivity contribution in [3.05, 3.63) is 48.0 Å². The van der Waals surface area contributed by atoms with Crippen molar-refractivity contribution in [1.29, 1.82) is 0 Å². The highest BCUT2D eigenvalue weighted by molar-refractivity contribution is 7.99. The quantitative estimate of drug-likeness (QED) is 0.747. The summed E-state index contributed by atoms with van der Waals surface area (Å²) in [6.45, 7) is 0. The lowest BCUT2D eigenvalue weighted by Crippen LogP contribution is -1.99. The van der Waals surface area contributed by atoms with Gasteiger partial charge in [-0.05, 0) is 29.8 Å². The lowest BCUT2D eigenvalue weighted by Gasteiger charge is -2.06. The van der Waals surface area contributed by atoms with E-state index in [0.717, 1.165) is 15.4 Å². The number of carbonyl (C=O) groups is 1. The third-order valence-corrected chi connectivity index (χ3v) is 3.60. The van der Waals surface area contributed by atoms with Crippen molar-refractivity contribution in [2.24, 2.45) is 0 Å². The van der Waals surface area contributed by atoms with Crippen LogP contribution in [0.2, 0.25) is 0 Å². The van der Waals surface area contributed by atoms with E-state index in [4.69, 9.17) is 10.8 Å². The smallest absolute Gasteiger partial charge is 0.307 e. The second-order valence-electron chi connectivity index (χ2n) is 4.04. The minimum absolute atomic E-state index is 0.0201. The van der Waals surface area contributed by atoms with Gasteiger partial charge in [0, 0.05) is 21.5 Å². The summed E-state index contributed by atoms with van der Waals surface area (Å²) in [7, 11) is 0. The van der Waals surface area contributed by atoms with E-state index in [0.29, 0.717) is 5.69 Å². The fraction of sp³-hybridized carbons (Fsp3) is 0.0714. The number of hydrogen-bond acceptors (Lipinski definition) is 4. The molecule has 0 saturated heterocycles. The summed E-state index contributed by atoms with van der Waals surface area (Å²) in [5.74, 6) is -0.707. The van der Waals surface area contributed by atoms with Gasteiger partial charge in [0.25, 0.3) is 0 Å². The van der Waals surface area contributed by atoms with Gasteiger partial charge in [-0.15, -0.1) is 0 Å². The molecule has 0 spiro atoms. The molecule has 2 rings (SSSR count). The van der Waals surface area contributed by atoms with Crippen LogP contribution in [0.1, 0.15) is 5.56 Å². The van der Waals surface area contributed by atoms with Crippen LogP contribution < -0.4 is 5.73 Å². The molecule has 98 valence electrons. The zero-order chi connectivity index (χ0) is 13.8. The third-order valence-electron chi connectivity index (χ3n) is 2.50. The molecule has 0 atom stereocenters. The maximum absolute atomic E-state index is 10.6. The first-order valence-corrected chi connectivity index (χ1v) is 6.43. The van der Waals surface area contributed by atoms with Crippen molar-refractivity contribution in [3.8, 4) is 5.75 Å². The molecule has 0 aliphatic carbocycles. The number of carboxylic acids is 1. The van der Waals surface area contributed by atoms with Gasteiger partial charge in [-0.25, -0.2) is 0 Å². The number of aliphatic carboxylic acids is 1. The number of nitrogen functional groups attached to an aromatic ring is 1. The van der Waals surface area contributed by atoms with E-state index in [2.05, 4.69) is 0 Å². The lowest BCUT2D eigenvalue weighted by atomic mass is 10.2. The predicted octanol–water partition coefficient (Wildman–Crippen LogP) is 2.75. The number of nitrogens with two attached hydrogens (primary N) is 1. The van der Waals surface area contributed by atoms with Crippen molar-refractivity contribution in [2.45, 2.75) is 16.2 Å². The molecule has 0 saturated carbocycles. The number of hydrogen-bond donors (Lipinski definition) is 3. The Morgan fingerprint density at radius 1 is 1.16 bits per heavy atom. The van der Waals surface area contributed by atoms with Crippen LogP contribution in [0.5, 0.6) is 5.75 Å². The Kier molecular flexibility index (Phi) is 3.97. The van der Waals surface area contributed by atoms with Crippen LogP contribution in [-0.4, -0.2) is 16.2 Å². The summed E-state index contributed by atoms with van der Waals surface area (Å²) in [5, 5.41) is 18.0. The van der Waals surface area contributed by atoms with Crippen LogP contribution in [0.3, 0.4) is 0 Å². The van der Waals surface area contributed by atoms with E-state index in [9.17, 15) is 9.90 Å². The van der Waals surface area contributed by atoms with E-state index in [1.54, 1.807) is 24.3 Å². The number of phenolic OH excluding ortho intramolecular Hbond substituents is 1. The maximum Gasteiger partial charge on any atom is 0.307 e. The summed E-state index contributed by atoms with van der Waals surface area (Å²) in [6, 6.07) is 12.1. The molecule has 0 unspecified atom stereocenters. The van der Waals surface area contributed by atoms with Crippen LogP contribution in [0, 0.1) is 0 Å². The summed E-state index contributed by atoms with van der Waals surface area (Å²) in [5.41, 5.74) is 7.08. The predicted molar refractivity (Wildman–Crippen MR) is 74.4 cm³/mol. The molecule has 2 aromatic rings. The molecule has 0 radical (unpaired) electrons. The van der Waals surface area contributed by atoms with Gasteiger partial charge in [-0.1, -0.05) is 23.9 Å². The fourth-order valence-corrected chi connectivity index (χ4v) is 2.44. The van der Waals surface area contributed by atoms with Crippen LogP contribution in [0.25, 0.3) is 0 Å². The average Bonchev–Trinajstić information content (AvgIpc) is 2.34. The SMILES string of the molecule is Nc1cc(O)ccc1Sc1ccc(CC(=O)O)cc1. The summed E-state index contributed by atoms with van der Waals surface area (Å²) in [4.78, 5) is 12.4. The fourth-order valence-electron chi connectivity index (χ4n) is 1.61. The molecular formula is C14H13NO3S. The van der Waals surface area contributed by atoms with Crippen LogP contribution >= 0.6 is 11.8 Å². The minimum Gasteiger partial charge on any atom is -0.508 e. The molecule has 0 heterocycles. The second kappa shape index (κ2) is 5.67. The van der Waals surface area contributed by atoms with E-state index < -0.39 is 5.97 Å². The van der Waals surface area contributed by atoms with Gasteiger partial charge in [-0.2, -0.15) is 0 Å². The van der Waals surface area contributed by atoms with Gasteiger partial charge in [0.2, 0.25) is 0 Å². The van der Waals surface area contributed by atoms with Crippen molar-refractivity contribution in [1.82, 2.24) is 0 Å². The van der Waals surface area contributed by atoms with Gasteiger partial charge in [-0.3, -0.25) is 4.79 Å². The average molecular weight is 275 g/mol. The van der Waals surface area contributed by atoms with Gasteiger partial charge in [0.15, 0.2) is 0 Å². The zero-order valence-corrected chi connectivity index (χ0v) is 10.9. The number of anilines is 1. The minimum atomic E-state index is -0.844. The Labute approximate surface area is 114 Å². The number of benzene rings is 2. The summed E-state index contributed by atoms with van der Waals surface area (Å²) < 4.78 is 0.